The number of anilines is 2. The molecule has 4 aromatic rings. The summed E-state index contributed by atoms with van der Waals surface area (Å²) >= 11 is 2.70. The Morgan fingerprint density at radius 2 is 1.86 bits per heavy atom. The molecule has 0 aliphatic carbocycles. The summed E-state index contributed by atoms with van der Waals surface area (Å²) in [6.07, 6.45) is 0. The lowest BCUT2D eigenvalue weighted by Gasteiger charge is -2.12. The number of thioether (sulfide) groups is 1. The van der Waals surface area contributed by atoms with Gasteiger partial charge < -0.3 is 10.1 Å². The van der Waals surface area contributed by atoms with Gasteiger partial charge >= 0.3 is 6.55 Å². The van der Waals surface area contributed by atoms with Crippen LogP contribution in [0.15, 0.2) is 52.9 Å². The smallest absolute Gasteiger partial charge is 0.320 e. The lowest BCUT2D eigenvalue weighted by molar-refractivity contribution is 0.0715. The van der Waals surface area contributed by atoms with E-state index in [4.69, 9.17) is 4.74 Å². The third-order valence-corrected chi connectivity index (χ3v) is 6.23. The van der Waals surface area contributed by atoms with Crippen LogP contribution in [0.3, 0.4) is 0 Å². The molecule has 2 aromatic heterocycles. The van der Waals surface area contributed by atoms with Gasteiger partial charge in [-0.05, 0) is 43.3 Å². The third kappa shape index (κ3) is 4.18. The van der Waals surface area contributed by atoms with Crippen molar-refractivity contribution < 1.29 is 13.5 Å². The van der Waals surface area contributed by atoms with E-state index in [0.29, 0.717) is 26.3 Å². The van der Waals surface area contributed by atoms with E-state index >= 15 is 0 Å². The number of hydrogen-bond donors (Lipinski definition) is 1. The molecule has 150 valence electrons. The molecule has 0 radical (unpaired) electrons. The van der Waals surface area contributed by atoms with Crippen LogP contribution in [0.2, 0.25) is 0 Å². The summed E-state index contributed by atoms with van der Waals surface area (Å²) in [7, 11) is 1.61. The van der Waals surface area contributed by atoms with Gasteiger partial charge in [0.25, 0.3) is 0 Å². The monoisotopic (exact) mass is 433 g/mol. The highest BCUT2D eigenvalue weighted by Crippen LogP contribution is 2.39. The second-order valence-corrected chi connectivity index (χ2v) is 8.66. The van der Waals surface area contributed by atoms with Crippen LogP contribution in [0.4, 0.5) is 19.6 Å². The number of fused-ring (bicyclic) bond motifs is 1. The number of para-hydroxylation sites is 2. The molecule has 10 heteroatoms. The summed E-state index contributed by atoms with van der Waals surface area (Å²) < 4.78 is 34.1. The number of imidazole rings is 1. The van der Waals surface area contributed by atoms with Crippen LogP contribution in [0.5, 0.6) is 5.75 Å². The van der Waals surface area contributed by atoms with E-state index < -0.39 is 6.55 Å². The molecule has 2 heterocycles. The van der Waals surface area contributed by atoms with E-state index in [1.165, 1.54) is 23.1 Å². The Hall–Kier alpha value is -2.72. The van der Waals surface area contributed by atoms with E-state index in [0.717, 1.165) is 16.0 Å². The predicted molar refractivity (Wildman–Crippen MR) is 111 cm³/mol. The molecule has 4 rings (SSSR count). The highest BCUT2D eigenvalue weighted by Gasteiger charge is 2.23. The van der Waals surface area contributed by atoms with Crippen LogP contribution in [0.25, 0.3) is 11.0 Å². The molecule has 2 aromatic carbocycles. The van der Waals surface area contributed by atoms with Gasteiger partial charge in [0.05, 0.1) is 23.4 Å². The first kappa shape index (κ1) is 19.6. The van der Waals surface area contributed by atoms with E-state index in [1.54, 1.807) is 31.4 Å². The Kier molecular flexibility index (Phi) is 5.63. The number of nitrogens with one attached hydrogen (secondary N) is 1. The number of halogens is 2. The van der Waals surface area contributed by atoms with Gasteiger partial charge in [0, 0.05) is 5.69 Å². The third-order valence-electron chi connectivity index (χ3n) is 4.21. The minimum Gasteiger partial charge on any atom is -0.497 e. The van der Waals surface area contributed by atoms with Gasteiger partial charge in [-0.25, -0.2) is 4.98 Å². The van der Waals surface area contributed by atoms with Crippen molar-refractivity contribution in [2.45, 2.75) is 23.1 Å². The van der Waals surface area contributed by atoms with Crippen LogP contribution in [-0.4, -0.2) is 26.9 Å². The van der Waals surface area contributed by atoms with Crippen LogP contribution in [0, 0.1) is 0 Å². The quantitative estimate of drug-likeness (QED) is 0.367. The second-order valence-electron chi connectivity index (χ2n) is 6.09. The number of hydrogen-bond acceptors (Lipinski definition) is 7. The Labute approximate surface area is 173 Å². The topological polar surface area (TPSA) is 64.9 Å². The molecule has 29 heavy (non-hydrogen) atoms. The fourth-order valence-corrected chi connectivity index (χ4v) is 4.89. The molecule has 0 saturated heterocycles. The first-order chi connectivity index (χ1) is 14.0. The molecule has 0 aliphatic rings. The maximum absolute atomic E-state index is 13.7. The standard InChI is InChI=1S/C19H17F2N5OS2/c1-11(16-23-14-5-3-4-6-15(14)26(16)17(20)21)28-19-25-24-18(29-19)22-12-7-9-13(27-2)10-8-12/h3-11,17H,1-2H3,(H,22,24). The molecule has 0 fully saturated rings. The lowest BCUT2D eigenvalue weighted by atomic mass is 10.3. The van der Waals surface area contributed by atoms with E-state index in [2.05, 4.69) is 20.5 Å². The minimum absolute atomic E-state index is 0.311. The molecule has 0 aliphatic heterocycles. The summed E-state index contributed by atoms with van der Waals surface area (Å²) in [5.41, 5.74) is 1.82. The van der Waals surface area contributed by atoms with Crippen LogP contribution < -0.4 is 10.1 Å². The van der Waals surface area contributed by atoms with Crippen molar-refractivity contribution in [1.82, 2.24) is 19.7 Å². The summed E-state index contributed by atoms with van der Waals surface area (Å²) in [4.78, 5) is 4.41. The highest BCUT2D eigenvalue weighted by atomic mass is 32.2. The summed E-state index contributed by atoms with van der Waals surface area (Å²) in [6.45, 7) is -0.829. The number of rotatable bonds is 7. The van der Waals surface area contributed by atoms with E-state index in [9.17, 15) is 8.78 Å². The maximum Gasteiger partial charge on any atom is 0.320 e. The van der Waals surface area contributed by atoms with Crippen molar-refractivity contribution in [3.05, 3.63) is 54.4 Å². The predicted octanol–water partition coefficient (Wildman–Crippen LogP) is 5.89. The van der Waals surface area contributed by atoms with Crippen LogP contribution in [0.1, 0.15) is 24.5 Å². The zero-order chi connectivity index (χ0) is 20.4. The van der Waals surface area contributed by atoms with Crippen LogP contribution >= 0.6 is 23.1 Å². The van der Waals surface area contributed by atoms with E-state index in [1.807, 2.05) is 31.2 Å². The van der Waals surface area contributed by atoms with Gasteiger partial charge in [-0.3, -0.25) is 4.57 Å². The molecule has 0 saturated carbocycles. The SMILES string of the molecule is COc1ccc(Nc2nnc(SC(C)c3nc4ccccc4n3C(F)F)s2)cc1. The van der Waals surface area contributed by atoms with Gasteiger partial charge in [-0.15, -0.1) is 10.2 Å². The Bertz CT molecular complexity index is 1110. The molecule has 0 spiro atoms. The van der Waals surface area contributed by atoms with Gasteiger partial charge in [-0.1, -0.05) is 35.2 Å². The number of aromatic nitrogens is 4. The van der Waals surface area contributed by atoms with E-state index in [-0.39, 0.29) is 5.25 Å². The molecular formula is C19H17F2N5OS2. The van der Waals surface area contributed by atoms with Crippen molar-refractivity contribution in [2.75, 3.05) is 12.4 Å². The Balaban J connectivity index is 1.51. The van der Waals surface area contributed by atoms with Crippen molar-refractivity contribution in [2.24, 2.45) is 0 Å². The number of benzene rings is 2. The largest absolute Gasteiger partial charge is 0.497 e. The molecule has 0 amide bonds. The zero-order valence-corrected chi connectivity index (χ0v) is 17.2. The molecule has 1 unspecified atom stereocenters. The summed E-state index contributed by atoms with van der Waals surface area (Å²) in [6, 6.07) is 14.3. The Morgan fingerprint density at radius 3 is 2.59 bits per heavy atom. The van der Waals surface area contributed by atoms with Gasteiger partial charge in [0.1, 0.15) is 11.6 Å². The minimum atomic E-state index is -2.66. The van der Waals surface area contributed by atoms with Gasteiger partial charge in [-0.2, -0.15) is 8.78 Å². The van der Waals surface area contributed by atoms with Gasteiger partial charge in [0.2, 0.25) is 5.13 Å². The maximum atomic E-state index is 13.7. The van der Waals surface area contributed by atoms with Gasteiger partial charge in [0.15, 0.2) is 4.34 Å². The first-order valence-corrected chi connectivity index (χ1v) is 10.4. The zero-order valence-electron chi connectivity index (χ0n) is 15.5. The molecule has 1 N–H and O–H groups in total. The fraction of sp³-hybridized carbons (Fsp3) is 0.211. The summed E-state index contributed by atoms with van der Waals surface area (Å²) in [5, 5.41) is 11.8. The van der Waals surface area contributed by atoms with Crippen molar-refractivity contribution in [1.29, 1.82) is 0 Å². The first-order valence-electron chi connectivity index (χ1n) is 8.71. The van der Waals surface area contributed by atoms with Crippen LogP contribution in [-0.2, 0) is 0 Å². The average molecular weight is 434 g/mol. The normalized spacial score (nSPS) is 12.4. The number of nitrogens with zero attached hydrogens (tertiary/aromatic N) is 4. The Morgan fingerprint density at radius 1 is 1.10 bits per heavy atom. The van der Waals surface area contributed by atoms with Crippen molar-refractivity contribution in [3.63, 3.8) is 0 Å². The molecule has 0 bridgehead atoms. The fourth-order valence-electron chi connectivity index (χ4n) is 2.86. The molecular weight excluding hydrogens is 416 g/mol. The lowest BCUT2D eigenvalue weighted by Crippen LogP contribution is -2.06. The average Bonchev–Trinajstić information content (AvgIpc) is 3.32. The molecule has 1 atom stereocenters. The number of alkyl halides is 2. The number of ether oxygens (including phenoxy) is 1. The van der Waals surface area contributed by atoms with Crippen molar-refractivity contribution >= 4 is 45.0 Å². The second kappa shape index (κ2) is 8.34. The number of methoxy groups -OCH3 is 1. The highest BCUT2D eigenvalue weighted by molar-refractivity contribution is 8.01. The van der Waals surface area contributed by atoms with Crippen molar-refractivity contribution in [3.8, 4) is 5.75 Å². The molecule has 6 nitrogen and oxygen atoms in total. The summed E-state index contributed by atoms with van der Waals surface area (Å²) in [5.74, 6) is 1.07.